The predicted molar refractivity (Wildman–Crippen MR) is 189 cm³/mol. The fraction of sp³-hybridized carbons (Fsp3) is 0.278. The Hall–Kier alpha value is -4.25. The number of carbonyl (C=O) groups is 2. The predicted octanol–water partition coefficient (Wildman–Crippen LogP) is 6.68. The van der Waals surface area contributed by atoms with E-state index >= 15 is 0 Å². The Bertz CT molecular complexity index is 1820. The molecule has 0 spiro atoms. The maximum Gasteiger partial charge on any atom is 0.264 e. The highest BCUT2D eigenvalue weighted by molar-refractivity contribution is 7.92. The molecule has 0 unspecified atom stereocenters. The first-order valence-corrected chi connectivity index (χ1v) is 17.4. The second kappa shape index (κ2) is 16.2. The zero-order chi connectivity index (χ0) is 35.0. The maximum atomic E-state index is 14.7. The van der Waals surface area contributed by atoms with Crippen LogP contribution in [0, 0.1) is 6.92 Å². The van der Waals surface area contributed by atoms with E-state index in [1.165, 1.54) is 43.4 Å². The second-order valence-corrected chi connectivity index (χ2v) is 14.1. The molecular weight excluding hydrogens is 673 g/mol. The molecule has 9 nitrogen and oxygen atoms in total. The van der Waals surface area contributed by atoms with E-state index in [0.29, 0.717) is 21.4 Å². The molecule has 0 fully saturated rings. The summed E-state index contributed by atoms with van der Waals surface area (Å²) in [5.74, 6) is -0.422. The highest BCUT2D eigenvalue weighted by Gasteiger charge is 2.35. The number of nitrogens with zero attached hydrogens (tertiary/aromatic N) is 2. The first-order chi connectivity index (χ1) is 22.8. The van der Waals surface area contributed by atoms with Gasteiger partial charge in [0.05, 0.1) is 24.8 Å². The number of amides is 2. The standard InChI is InChI=1S/C36H39Cl2N3O6S/c1-24(2)39-36(43)32(20-26-10-7-6-8-11-26)40(22-29-30(37)12-9-13-31(29)38)35(42)23-41(27-16-19-33(46-4)34(21-27)47-5)48(44,45)28-17-14-25(3)15-18-28/h6-19,21,24,32H,20,22-23H2,1-5H3,(H,39,43)/t32-/m0/s1. The number of rotatable bonds is 14. The monoisotopic (exact) mass is 711 g/mol. The van der Waals surface area contributed by atoms with Crippen LogP contribution in [-0.2, 0) is 32.6 Å². The topological polar surface area (TPSA) is 105 Å². The first kappa shape index (κ1) is 36.6. The van der Waals surface area contributed by atoms with E-state index in [4.69, 9.17) is 32.7 Å². The average Bonchev–Trinajstić information content (AvgIpc) is 3.06. The molecule has 0 saturated carbocycles. The number of ether oxygens (including phenoxy) is 2. The van der Waals surface area contributed by atoms with E-state index in [0.717, 1.165) is 15.4 Å². The molecule has 4 rings (SSSR count). The number of hydrogen-bond acceptors (Lipinski definition) is 6. The lowest BCUT2D eigenvalue weighted by Gasteiger charge is -2.34. The number of benzene rings is 4. The Labute approximate surface area is 292 Å². The number of methoxy groups -OCH3 is 2. The van der Waals surface area contributed by atoms with Crippen LogP contribution >= 0.6 is 23.2 Å². The van der Waals surface area contributed by atoms with Gasteiger partial charge in [-0.05, 0) is 62.7 Å². The number of hydrogen-bond donors (Lipinski definition) is 1. The van der Waals surface area contributed by atoms with Gasteiger partial charge in [-0.1, -0.05) is 77.3 Å². The van der Waals surface area contributed by atoms with Crippen LogP contribution in [0.4, 0.5) is 5.69 Å². The van der Waals surface area contributed by atoms with Crippen LogP contribution in [0.5, 0.6) is 11.5 Å². The number of aryl methyl sites for hydroxylation is 1. The molecule has 4 aromatic rings. The molecule has 0 aliphatic rings. The molecule has 254 valence electrons. The van der Waals surface area contributed by atoms with Crippen LogP contribution in [0.3, 0.4) is 0 Å². The largest absolute Gasteiger partial charge is 0.493 e. The van der Waals surface area contributed by atoms with Gasteiger partial charge in [0.15, 0.2) is 11.5 Å². The molecular formula is C36H39Cl2N3O6S. The van der Waals surface area contributed by atoms with Gasteiger partial charge in [0, 0.05) is 40.7 Å². The summed E-state index contributed by atoms with van der Waals surface area (Å²) in [6, 6.07) is 23.9. The quantitative estimate of drug-likeness (QED) is 0.157. The van der Waals surface area contributed by atoms with Crippen LogP contribution in [0.25, 0.3) is 0 Å². The van der Waals surface area contributed by atoms with Crippen LogP contribution in [0.2, 0.25) is 10.0 Å². The van der Waals surface area contributed by atoms with Gasteiger partial charge < -0.3 is 19.7 Å². The van der Waals surface area contributed by atoms with Crippen LogP contribution in [-0.4, -0.2) is 58.0 Å². The molecule has 1 atom stereocenters. The van der Waals surface area contributed by atoms with Gasteiger partial charge in [0.1, 0.15) is 12.6 Å². The molecule has 0 bridgehead atoms. The summed E-state index contributed by atoms with van der Waals surface area (Å²) in [5, 5.41) is 3.52. The maximum absolute atomic E-state index is 14.7. The van der Waals surface area contributed by atoms with Crippen molar-refractivity contribution in [3.63, 3.8) is 0 Å². The molecule has 2 amide bonds. The zero-order valence-corrected chi connectivity index (χ0v) is 29.8. The smallest absolute Gasteiger partial charge is 0.264 e. The second-order valence-electron chi connectivity index (χ2n) is 11.5. The minimum atomic E-state index is -4.32. The molecule has 0 heterocycles. The summed E-state index contributed by atoms with van der Waals surface area (Å²) in [6.07, 6.45) is 0.147. The number of carbonyl (C=O) groups excluding carboxylic acids is 2. The van der Waals surface area contributed by atoms with E-state index < -0.39 is 34.4 Å². The van der Waals surface area contributed by atoms with Crippen molar-refractivity contribution in [2.24, 2.45) is 0 Å². The lowest BCUT2D eigenvalue weighted by atomic mass is 10.0. The third-order valence-corrected chi connectivity index (χ3v) is 10.1. The Balaban J connectivity index is 1.88. The minimum Gasteiger partial charge on any atom is -0.493 e. The van der Waals surface area contributed by atoms with E-state index in [-0.39, 0.29) is 35.3 Å². The Morgan fingerprint density at radius 1 is 0.833 bits per heavy atom. The molecule has 0 radical (unpaired) electrons. The molecule has 0 aromatic heterocycles. The third-order valence-electron chi connectivity index (χ3n) is 7.64. The van der Waals surface area contributed by atoms with Crippen molar-refractivity contribution in [3.8, 4) is 11.5 Å². The molecule has 0 aliphatic carbocycles. The van der Waals surface area contributed by atoms with Crippen molar-refractivity contribution in [1.29, 1.82) is 0 Å². The minimum absolute atomic E-state index is 0.0187. The Morgan fingerprint density at radius 2 is 1.46 bits per heavy atom. The van der Waals surface area contributed by atoms with Crippen molar-refractivity contribution in [3.05, 3.63) is 118 Å². The lowest BCUT2D eigenvalue weighted by Crippen LogP contribution is -2.54. The first-order valence-electron chi connectivity index (χ1n) is 15.2. The lowest BCUT2D eigenvalue weighted by molar-refractivity contribution is -0.140. The molecule has 4 aromatic carbocycles. The normalized spacial score (nSPS) is 11.9. The van der Waals surface area contributed by atoms with Crippen LogP contribution in [0.1, 0.15) is 30.5 Å². The Morgan fingerprint density at radius 3 is 2.04 bits per heavy atom. The van der Waals surface area contributed by atoms with Gasteiger partial charge in [-0.15, -0.1) is 0 Å². The van der Waals surface area contributed by atoms with Crippen molar-refractivity contribution < 1.29 is 27.5 Å². The van der Waals surface area contributed by atoms with Gasteiger partial charge in [-0.2, -0.15) is 0 Å². The van der Waals surface area contributed by atoms with E-state index in [2.05, 4.69) is 5.32 Å². The number of nitrogens with one attached hydrogen (secondary N) is 1. The summed E-state index contributed by atoms with van der Waals surface area (Å²) >= 11 is 13.2. The number of anilines is 1. The summed E-state index contributed by atoms with van der Waals surface area (Å²) in [4.78, 5) is 29.9. The molecule has 12 heteroatoms. The fourth-order valence-electron chi connectivity index (χ4n) is 5.13. The highest BCUT2D eigenvalue weighted by Crippen LogP contribution is 2.34. The summed E-state index contributed by atoms with van der Waals surface area (Å²) < 4.78 is 40.5. The van der Waals surface area contributed by atoms with Crippen molar-refractivity contribution in [2.45, 2.75) is 50.7 Å². The van der Waals surface area contributed by atoms with Gasteiger partial charge in [0.25, 0.3) is 10.0 Å². The number of sulfonamides is 1. The van der Waals surface area contributed by atoms with Crippen molar-refractivity contribution in [1.82, 2.24) is 10.2 Å². The summed E-state index contributed by atoms with van der Waals surface area (Å²) in [5.41, 5.74) is 2.24. The average molecular weight is 713 g/mol. The van der Waals surface area contributed by atoms with E-state index in [1.54, 1.807) is 36.4 Å². The van der Waals surface area contributed by atoms with Crippen LogP contribution in [0.15, 0.2) is 95.9 Å². The van der Waals surface area contributed by atoms with Gasteiger partial charge in [-0.3, -0.25) is 13.9 Å². The van der Waals surface area contributed by atoms with E-state index in [1.807, 2.05) is 51.1 Å². The fourth-order valence-corrected chi connectivity index (χ4v) is 7.06. The van der Waals surface area contributed by atoms with Gasteiger partial charge in [0.2, 0.25) is 11.8 Å². The zero-order valence-electron chi connectivity index (χ0n) is 27.4. The molecule has 0 aliphatic heterocycles. The van der Waals surface area contributed by atoms with Crippen molar-refractivity contribution in [2.75, 3.05) is 25.1 Å². The van der Waals surface area contributed by atoms with Gasteiger partial charge in [-0.25, -0.2) is 8.42 Å². The van der Waals surface area contributed by atoms with E-state index in [9.17, 15) is 18.0 Å². The summed E-state index contributed by atoms with van der Waals surface area (Å²) in [7, 11) is -1.42. The highest BCUT2D eigenvalue weighted by atomic mass is 35.5. The number of halogens is 2. The van der Waals surface area contributed by atoms with Crippen LogP contribution < -0.4 is 19.1 Å². The Kier molecular flexibility index (Phi) is 12.4. The summed E-state index contributed by atoms with van der Waals surface area (Å²) in [6.45, 7) is 4.67. The van der Waals surface area contributed by atoms with Gasteiger partial charge >= 0.3 is 0 Å². The molecule has 0 saturated heterocycles. The third kappa shape index (κ3) is 8.80. The van der Waals surface area contributed by atoms with Crippen molar-refractivity contribution >= 4 is 50.7 Å². The molecule has 48 heavy (non-hydrogen) atoms. The molecule has 1 N–H and O–H groups in total. The SMILES string of the molecule is COc1ccc(N(CC(=O)N(Cc2c(Cl)cccc2Cl)[C@@H](Cc2ccccc2)C(=O)NC(C)C)S(=O)(=O)c2ccc(C)cc2)cc1OC.